The Hall–Kier alpha value is -1.77. The second kappa shape index (κ2) is 8.95. The number of nitrogens with one attached hydrogen (secondary N) is 2. The lowest BCUT2D eigenvalue weighted by atomic mass is 10.2. The van der Waals surface area contributed by atoms with Gasteiger partial charge in [-0.3, -0.25) is 0 Å². The van der Waals surface area contributed by atoms with E-state index in [-0.39, 0.29) is 5.97 Å². The number of ether oxygens (including phenoxy) is 2. The molecule has 0 amide bonds. The van der Waals surface area contributed by atoms with Crippen LogP contribution in [-0.4, -0.2) is 55.4 Å². The Balaban J connectivity index is 1.98. The van der Waals surface area contributed by atoms with Gasteiger partial charge in [0.1, 0.15) is 35.2 Å². The molecule has 0 saturated carbocycles. The predicted octanol–water partition coefficient (Wildman–Crippen LogP) is 1.66. The van der Waals surface area contributed by atoms with Gasteiger partial charge < -0.3 is 19.7 Å². The molecule has 2 aromatic rings. The fourth-order valence-corrected chi connectivity index (χ4v) is 4.24. The van der Waals surface area contributed by atoms with Gasteiger partial charge in [0.25, 0.3) is 0 Å². The first kappa shape index (κ1) is 20.0. The fraction of sp³-hybridized carbons (Fsp3) is 0.632. The number of hydrogen-bond donors (Lipinski definition) is 2. The number of rotatable bonds is 7. The molecule has 148 valence electrons. The van der Waals surface area contributed by atoms with E-state index < -0.39 is 0 Å². The standard InChI is InChI=1S/C19H28N4O3S/c1-5-26-19(24)16-13(4)15-17(20-10-12(2)3)21-14(22-18(15)27-16)11-23-6-8-25-9-7-23/h12H,5-11H2,1-4H3,(H,20,21,22)/p+1. The number of fused-ring (bicyclic) bond motifs is 1. The smallest absolute Gasteiger partial charge is 0.348 e. The van der Waals surface area contributed by atoms with Crippen LogP contribution in [0.3, 0.4) is 0 Å². The minimum absolute atomic E-state index is 0.284. The summed E-state index contributed by atoms with van der Waals surface area (Å²) in [7, 11) is 0. The molecule has 0 atom stereocenters. The number of nitrogens with zero attached hydrogens (tertiary/aromatic N) is 2. The molecule has 0 unspecified atom stereocenters. The molecule has 1 saturated heterocycles. The van der Waals surface area contributed by atoms with Crippen molar-refractivity contribution in [2.45, 2.75) is 34.2 Å². The van der Waals surface area contributed by atoms with Gasteiger partial charge in [-0.05, 0) is 25.3 Å². The van der Waals surface area contributed by atoms with Crippen LogP contribution in [0.25, 0.3) is 10.2 Å². The number of aromatic nitrogens is 2. The van der Waals surface area contributed by atoms with Crippen molar-refractivity contribution in [3.05, 3.63) is 16.3 Å². The third-order valence-corrected chi connectivity index (χ3v) is 5.75. The van der Waals surface area contributed by atoms with E-state index in [2.05, 4.69) is 19.2 Å². The zero-order valence-corrected chi connectivity index (χ0v) is 17.4. The summed E-state index contributed by atoms with van der Waals surface area (Å²) in [5.74, 6) is 1.84. The lowest BCUT2D eigenvalue weighted by Gasteiger charge is -2.23. The Labute approximate surface area is 164 Å². The van der Waals surface area contributed by atoms with Gasteiger partial charge in [-0.1, -0.05) is 13.8 Å². The lowest BCUT2D eigenvalue weighted by molar-refractivity contribution is -0.922. The number of hydrogen-bond acceptors (Lipinski definition) is 7. The van der Waals surface area contributed by atoms with Crippen molar-refractivity contribution >= 4 is 33.3 Å². The fourth-order valence-electron chi connectivity index (χ4n) is 3.14. The van der Waals surface area contributed by atoms with Gasteiger partial charge in [-0.25, -0.2) is 14.8 Å². The first-order valence-electron chi connectivity index (χ1n) is 9.61. The largest absolute Gasteiger partial charge is 0.462 e. The number of aryl methyl sites for hydroxylation is 1. The van der Waals surface area contributed by atoms with E-state index in [1.54, 1.807) is 0 Å². The van der Waals surface area contributed by atoms with Crippen LogP contribution < -0.4 is 10.2 Å². The van der Waals surface area contributed by atoms with Crippen molar-refractivity contribution in [2.24, 2.45) is 5.92 Å². The van der Waals surface area contributed by atoms with Gasteiger partial charge in [0, 0.05) is 6.54 Å². The number of thiophene rings is 1. The van der Waals surface area contributed by atoms with Gasteiger partial charge in [0.15, 0.2) is 5.82 Å². The minimum atomic E-state index is -0.284. The first-order valence-corrected chi connectivity index (χ1v) is 10.4. The van der Waals surface area contributed by atoms with Gasteiger partial charge >= 0.3 is 5.97 Å². The predicted molar refractivity (Wildman–Crippen MR) is 107 cm³/mol. The molecule has 0 radical (unpaired) electrons. The zero-order valence-electron chi connectivity index (χ0n) is 16.6. The molecule has 2 aromatic heterocycles. The molecule has 27 heavy (non-hydrogen) atoms. The van der Waals surface area contributed by atoms with Crippen molar-refractivity contribution in [3.8, 4) is 0 Å². The highest BCUT2D eigenvalue weighted by molar-refractivity contribution is 7.20. The monoisotopic (exact) mass is 393 g/mol. The average molecular weight is 394 g/mol. The molecular weight excluding hydrogens is 364 g/mol. The summed E-state index contributed by atoms with van der Waals surface area (Å²) in [5, 5.41) is 4.39. The molecule has 0 bridgehead atoms. The van der Waals surface area contributed by atoms with Gasteiger partial charge in [0.2, 0.25) is 0 Å². The van der Waals surface area contributed by atoms with E-state index in [1.165, 1.54) is 16.2 Å². The molecule has 1 aliphatic heterocycles. The summed E-state index contributed by atoms with van der Waals surface area (Å²) in [4.78, 5) is 24.8. The summed E-state index contributed by atoms with van der Waals surface area (Å²) in [6.07, 6.45) is 0. The van der Waals surface area contributed by atoms with Crippen LogP contribution in [0.2, 0.25) is 0 Å². The van der Waals surface area contributed by atoms with E-state index in [0.717, 1.165) is 66.8 Å². The number of morpholine rings is 1. The SMILES string of the molecule is CCOC(=O)c1sc2nc(C[NH+]3CCOCC3)nc(NCC(C)C)c2c1C. The summed E-state index contributed by atoms with van der Waals surface area (Å²) in [6.45, 7) is 13.5. The van der Waals surface area contributed by atoms with Gasteiger partial charge in [-0.15, -0.1) is 11.3 Å². The third kappa shape index (κ3) is 4.75. The van der Waals surface area contributed by atoms with Crippen LogP contribution in [0.5, 0.6) is 0 Å². The van der Waals surface area contributed by atoms with Crippen LogP contribution in [0.1, 0.15) is 41.8 Å². The van der Waals surface area contributed by atoms with E-state index in [1.807, 2.05) is 13.8 Å². The molecule has 3 rings (SSSR count). The highest BCUT2D eigenvalue weighted by Crippen LogP contribution is 2.34. The molecule has 1 aliphatic rings. The molecule has 7 nitrogen and oxygen atoms in total. The molecule has 0 spiro atoms. The number of anilines is 1. The average Bonchev–Trinajstić information content (AvgIpc) is 2.97. The molecular formula is C19H29N4O3S+. The quantitative estimate of drug-likeness (QED) is 0.697. The van der Waals surface area contributed by atoms with Crippen molar-refractivity contribution in [2.75, 3.05) is 44.8 Å². The first-order chi connectivity index (χ1) is 13.0. The lowest BCUT2D eigenvalue weighted by Crippen LogP contribution is -3.12. The Morgan fingerprint density at radius 1 is 1.33 bits per heavy atom. The molecule has 0 aromatic carbocycles. The maximum absolute atomic E-state index is 12.3. The number of quaternary nitrogens is 1. The van der Waals surface area contributed by atoms with E-state index in [9.17, 15) is 4.79 Å². The number of carbonyl (C=O) groups excluding carboxylic acids is 1. The van der Waals surface area contributed by atoms with E-state index >= 15 is 0 Å². The maximum Gasteiger partial charge on any atom is 0.348 e. The van der Waals surface area contributed by atoms with Gasteiger partial charge in [-0.2, -0.15) is 0 Å². The number of carbonyl (C=O) groups is 1. The second-order valence-corrected chi connectivity index (χ2v) is 8.26. The molecule has 2 N–H and O–H groups in total. The van der Waals surface area contributed by atoms with Crippen LogP contribution >= 0.6 is 11.3 Å². The van der Waals surface area contributed by atoms with Crippen molar-refractivity contribution < 1.29 is 19.2 Å². The summed E-state index contributed by atoms with van der Waals surface area (Å²) in [5.41, 5.74) is 0.893. The molecule has 0 aliphatic carbocycles. The highest BCUT2D eigenvalue weighted by atomic mass is 32.1. The summed E-state index contributed by atoms with van der Waals surface area (Å²) in [6, 6.07) is 0. The number of esters is 1. The van der Waals surface area contributed by atoms with Crippen LogP contribution in [0.4, 0.5) is 5.82 Å². The zero-order chi connectivity index (χ0) is 19.4. The van der Waals surface area contributed by atoms with Gasteiger partial charge in [0.05, 0.1) is 25.2 Å². The Morgan fingerprint density at radius 3 is 2.74 bits per heavy atom. The van der Waals surface area contributed by atoms with E-state index in [4.69, 9.17) is 19.4 Å². The van der Waals surface area contributed by atoms with Crippen molar-refractivity contribution in [1.82, 2.24) is 9.97 Å². The Morgan fingerprint density at radius 2 is 2.07 bits per heavy atom. The van der Waals surface area contributed by atoms with Crippen LogP contribution in [-0.2, 0) is 16.0 Å². The van der Waals surface area contributed by atoms with Crippen LogP contribution in [0, 0.1) is 12.8 Å². The van der Waals surface area contributed by atoms with E-state index in [0.29, 0.717) is 17.4 Å². The molecule has 8 heteroatoms. The summed E-state index contributed by atoms with van der Waals surface area (Å²) >= 11 is 1.40. The second-order valence-electron chi connectivity index (χ2n) is 7.26. The van der Waals surface area contributed by atoms with Crippen molar-refractivity contribution in [3.63, 3.8) is 0 Å². The van der Waals surface area contributed by atoms with Crippen LogP contribution in [0.15, 0.2) is 0 Å². The van der Waals surface area contributed by atoms with Crippen molar-refractivity contribution in [1.29, 1.82) is 0 Å². The minimum Gasteiger partial charge on any atom is -0.462 e. The maximum atomic E-state index is 12.3. The topological polar surface area (TPSA) is 77.8 Å². The third-order valence-electron chi connectivity index (χ3n) is 4.58. The molecule has 3 heterocycles. The Kier molecular flexibility index (Phi) is 6.62. The normalized spacial score (nSPS) is 15.4. The molecule has 1 fully saturated rings. The highest BCUT2D eigenvalue weighted by Gasteiger charge is 2.23. The summed E-state index contributed by atoms with van der Waals surface area (Å²) < 4.78 is 10.7. The Bertz CT molecular complexity index is 800.